The molecular formula is C11H16N4O3. The molecule has 5 N–H and O–H groups in total. The van der Waals surface area contributed by atoms with Crippen LogP contribution in [-0.2, 0) is 0 Å². The topological polar surface area (TPSA) is 121 Å². The van der Waals surface area contributed by atoms with E-state index in [1.165, 1.54) is 18.5 Å². The minimum Gasteiger partial charge on any atom is -0.409 e. The maximum atomic E-state index is 11.7. The van der Waals surface area contributed by atoms with Crippen LogP contribution in [0.25, 0.3) is 0 Å². The number of nitrogens with two attached hydrogens (primary N) is 1. The summed E-state index contributed by atoms with van der Waals surface area (Å²) in [4.78, 5) is 25.8. The van der Waals surface area contributed by atoms with Gasteiger partial charge in [-0.25, -0.2) is 0 Å². The van der Waals surface area contributed by atoms with Gasteiger partial charge in [0.15, 0.2) is 5.43 Å². The van der Waals surface area contributed by atoms with Gasteiger partial charge in [-0.05, 0) is 0 Å². The number of H-pyrrole nitrogens is 1. The van der Waals surface area contributed by atoms with Crippen molar-refractivity contribution in [2.75, 3.05) is 6.54 Å². The number of aromatic nitrogens is 1. The van der Waals surface area contributed by atoms with Gasteiger partial charge in [-0.3, -0.25) is 9.59 Å². The molecule has 7 nitrogen and oxygen atoms in total. The van der Waals surface area contributed by atoms with Crippen molar-refractivity contribution in [3.8, 4) is 0 Å². The molecular weight excluding hydrogens is 236 g/mol. The molecule has 0 bridgehead atoms. The number of nitrogens with one attached hydrogen (secondary N) is 2. The molecule has 0 radical (unpaired) electrons. The largest absolute Gasteiger partial charge is 0.409 e. The lowest BCUT2D eigenvalue weighted by Gasteiger charge is -2.22. The second-order valence-electron chi connectivity index (χ2n) is 4.47. The minimum atomic E-state index is -0.702. The molecule has 0 fully saturated rings. The molecule has 0 unspecified atom stereocenters. The summed E-state index contributed by atoms with van der Waals surface area (Å²) in [5, 5.41) is 14.1. The van der Waals surface area contributed by atoms with Crippen molar-refractivity contribution < 1.29 is 10.0 Å². The van der Waals surface area contributed by atoms with E-state index in [1.807, 2.05) is 0 Å². The molecule has 0 spiro atoms. The molecule has 1 amide bonds. The Hall–Kier alpha value is -2.31. The van der Waals surface area contributed by atoms with Gasteiger partial charge in [0.25, 0.3) is 5.91 Å². The van der Waals surface area contributed by atoms with Crippen molar-refractivity contribution >= 4 is 11.7 Å². The average Bonchev–Trinajstić information content (AvgIpc) is 2.35. The Bertz CT molecular complexity index is 519. The first kappa shape index (κ1) is 13.8. The van der Waals surface area contributed by atoms with Gasteiger partial charge in [0, 0.05) is 30.4 Å². The van der Waals surface area contributed by atoms with Crippen molar-refractivity contribution in [3.63, 3.8) is 0 Å². The summed E-state index contributed by atoms with van der Waals surface area (Å²) in [6.07, 6.45) is 2.77. The van der Waals surface area contributed by atoms with Crippen LogP contribution in [0.4, 0.5) is 0 Å². The summed E-state index contributed by atoms with van der Waals surface area (Å²) < 4.78 is 0. The maximum Gasteiger partial charge on any atom is 0.256 e. The van der Waals surface area contributed by atoms with Crippen LogP contribution in [0.3, 0.4) is 0 Å². The second kappa shape index (κ2) is 5.35. The molecule has 98 valence electrons. The number of hydrogen-bond acceptors (Lipinski definition) is 4. The molecule has 0 saturated carbocycles. The standard InChI is InChI=1S/C11H16N4O3/c1-11(2,10(12)15-18)6-14-9(17)7-5-13-4-3-8(7)16/h3-5,18H,6H2,1-2H3,(H2,12,15)(H,13,16)(H,14,17). The van der Waals surface area contributed by atoms with Crippen molar-refractivity contribution in [2.24, 2.45) is 16.3 Å². The van der Waals surface area contributed by atoms with Crippen LogP contribution in [0.5, 0.6) is 0 Å². The number of carbonyl (C=O) groups excluding carboxylic acids is 1. The predicted octanol–water partition coefficient (Wildman–Crippen LogP) is -0.123. The van der Waals surface area contributed by atoms with Gasteiger partial charge in [-0.2, -0.15) is 0 Å². The van der Waals surface area contributed by atoms with E-state index < -0.39 is 11.3 Å². The number of oxime groups is 1. The highest BCUT2D eigenvalue weighted by Gasteiger charge is 2.24. The minimum absolute atomic E-state index is 0.00442. The quantitative estimate of drug-likeness (QED) is 0.258. The number of aromatic amines is 1. The van der Waals surface area contributed by atoms with E-state index in [0.29, 0.717) is 0 Å². The van der Waals surface area contributed by atoms with Crippen LogP contribution in [0.1, 0.15) is 24.2 Å². The number of amidine groups is 1. The van der Waals surface area contributed by atoms with Gasteiger partial charge in [0.2, 0.25) is 0 Å². The molecule has 0 aromatic carbocycles. The number of rotatable bonds is 4. The molecule has 18 heavy (non-hydrogen) atoms. The monoisotopic (exact) mass is 252 g/mol. The Kier molecular flexibility index (Phi) is 4.09. The van der Waals surface area contributed by atoms with Crippen LogP contribution >= 0.6 is 0 Å². The number of pyridine rings is 1. The van der Waals surface area contributed by atoms with E-state index in [-0.39, 0.29) is 23.4 Å². The van der Waals surface area contributed by atoms with Gasteiger partial charge >= 0.3 is 0 Å². The fourth-order valence-corrected chi connectivity index (χ4v) is 1.22. The summed E-state index contributed by atoms with van der Waals surface area (Å²) in [5.41, 5.74) is 4.44. The lowest BCUT2D eigenvalue weighted by Crippen LogP contribution is -2.43. The SMILES string of the molecule is CC(C)(CNC(=O)c1c[nH]ccc1=O)/C(N)=N/O. The maximum absolute atomic E-state index is 11.7. The van der Waals surface area contributed by atoms with Gasteiger partial charge < -0.3 is 21.2 Å². The number of carbonyl (C=O) groups is 1. The van der Waals surface area contributed by atoms with Crippen molar-refractivity contribution in [1.82, 2.24) is 10.3 Å². The average molecular weight is 252 g/mol. The zero-order valence-electron chi connectivity index (χ0n) is 10.2. The Morgan fingerprint density at radius 1 is 1.61 bits per heavy atom. The summed E-state index contributed by atoms with van der Waals surface area (Å²) >= 11 is 0. The molecule has 1 heterocycles. The smallest absolute Gasteiger partial charge is 0.256 e. The lowest BCUT2D eigenvalue weighted by atomic mass is 9.92. The van der Waals surface area contributed by atoms with E-state index in [1.54, 1.807) is 13.8 Å². The first-order valence-electron chi connectivity index (χ1n) is 5.32. The number of nitrogens with zero attached hydrogens (tertiary/aromatic N) is 1. The van der Waals surface area contributed by atoms with E-state index in [4.69, 9.17) is 10.9 Å². The van der Waals surface area contributed by atoms with Crippen LogP contribution < -0.4 is 16.5 Å². The lowest BCUT2D eigenvalue weighted by molar-refractivity contribution is 0.0943. The molecule has 0 saturated heterocycles. The van der Waals surface area contributed by atoms with Gasteiger partial charge in [0.05, 0.1) is 0 Å². The van der Waals surface area contributed by atoms with Crippen LogP contribution in [0.2, 0.25) is 0 Å². The molecule has 0 aliphatic carbocycles. The van der Waals surface area contributed by atoms with Gasteiger partial charge in [-0.15, -0.1) is 0 Å². The van der Waals surface area contributed by atoms with Crippen molar-refractivity contribution in [3.05, 3.63) is 34.2 Å². The highest BCUT2D eigenvalue weighted by atomic mass is 16.4. The number of amides is 1. The Morgan fingerprint density at radius 3 is 2.83 bits per heavy atom. The summed E-state index contributed by atoms with van der Waals surface area (Å²) in [5.74, 6) is -0.500. The second-order valence-corrected chi connectivity index (χ2v) is 4.47. The molecule has 1 aromatic rings. The molecule has 1 rings (SSSR count). The third-order valence-electron chi connectivity index (χ3n) is 2.56. The van der Waals surface area contributed by atoms with Crippen LogP contribution in [-0.4, -0.2) is 28.5 Å². The van der Waals surface area contributed by atoms with Crippen LogP contribution in [0.15, 0.2) is 28.4 Å². The molecule has 0 aliphatic heterocycles. The Balaban J connectivity index is 2.74. The third-order valence-corrected chi connectivity index (χ3v) is 2.56. The van der Waals surface area contributed by atoms with Crippen LogP contribution in [0, 0.1) is 5.41 Å². The van der Waals surface area contributed by atoms with E-state index in [0.717, 1.165) is 0 Å². The van der Waals surface area contributed by atoms with E-state index in [2.05, 4.69) is 15.5 Å². The fourth-order valence-electron chi connectivity index (χ4n) is 1.22. The zero-order valence-corrected chi connectivity index (χ0v) is 10.2. The van der Waals surface area contributed by atoms with Crippen molar-refractivity contribution in [1.29, 1.82) is 0 Å². The highest BCUT2D eigenvalue weighted by Crippen LogP contribution is 2.13. The third kappa shape index (κ3) is 3.09. The Labute approximate surface area is 104 Å². The van der Waals surface area contributed by atoms with Crippen molar-refractivity contribution in [2.45, 2.75) is 13.8 Å². The van der Waals surface area contributed by atoms with Gasteiger partial charge in [-0.1, -0.05) is 19.0 Å². The zero-order chi connectivity index (χ0) is 13.8. The fraction of sp³-hybridized carbons (Fsp3) is 0.364. The first-order chi connectivity index (χ1) is 8.38. The Morgan fingerprint density at radius 2 is 2.28 bits per heavy atom. The molecule has 0 atom stereocenters. The summed E-state index contributed by atoms with van der Waals surface area (Å²) in [6.45, 7) is 3.56. The van der Waals surface area contributed by atoms with E-state index in [9.17, 15) is 9.59 Å². The summed E-state index contributed by atoms with van der Waals surface area (Å²) in [7, 11) is 0. The molecule has 7 heteroatoms. The first-order valence-corrected chi connectivity index (χ1v) is 5.32. The summed E-state index contributed by atoms with van der Waals surface area (Å²) in [6, 6.07) is 1.27. The highest BCUT2D eigenvalue weighted by molar-refractivity contribution is 5.94. The molecule has 0 aliphatic rings. The normalized spacial score (nSPS) is 12.2. The van der Waals surface area contributed by atoms with Gasteiger partial charge in [0.1, 0.15) is 11.4 Å². The molecule has 1 aromatic heterocycles. The number of hydrogen-bond donors (Lipinski definition) is 4. The van der Waals surface area contributed by atoms with E-state index >= 15 is 0 Å². The predicted molar refractivity (Wildman–Crippen MR) is 66.6 cm³/mol.